The van der Waals surface area contributed by atoms with E-state index in [1.165, 1.54) is 29.5 Å². The van der Waals surface area contributed by atoms with Gasteiger partial charge in [0.25, 0.3) is 0 Å². The zero-order valence-corrected chi connectivity index (χ0v) is 18.6. The Bertz CT molecular complexity index is 1190. The highest BCUT2D eigenvalue weighted by atomic mass is 19.1. The molecule has 0 spiro atoms. The number of benzene rings is 2. The summed E-state index contributed by atoms with van der Waals surface area (Å²) in [6.45, 7) is 0.815. The zero-order valence-electron chi connectivity index (χ0n) is 18.6. The van der Waals surface area contributed by atoms with Gasteiger partial charge in [0.05, 0.1) is 31.0 Å². The van der Waals surface area contributed by atoms with E-state index in [0.717, 1.165) is 11.1 Å². The third-order valence-corrected chi connectivity index (χ3v) is 7.30. The molecule has 3 heterocycles. The van der Waals surface area contributed by atoms with Gasteiger partial charge in [-0.15, -0.1) is 0 Å². The summed E-state index contributed by atoms with van der Waals surface area (Å²) in [7, 11) is 0. The van der Waals surface area contributed by atoms with Crippen LogP contribution in [0.1, 0.15) is 35.6 Å². The van der Waals surface area contributed by atoms with Crippen LogP contribution in [0.3, 0.4) is 0 Å². The highest BCUT2D eigenvalue weighted by Crippen LogP contribution is 2.45. The number of ether oxygens (including phenoxy) is 2. The largest absolute Gasteiger partial charge is 0.448 e. The van der Waals surface area contributed by atoms with Crippen molar-refractivity contribution in [3.05, 3.63) is 89.5 Å². The maximum Gasteiger partial charge on any atom is 0.410 e. The molecule has 174 valence electrons. The number of aromatic nitrogens is 1. The van der Waals surface area contributed by atoms with Crippen molar-refractivity contribution in [3.63, 3.8) is 0 Å². The van der Waals surface area contributed by atoms with Crippen molar-refractivity contribution in [1.29, 1.82) is 0 Å². The summed E-state index contributed by atoms with van der Waals surface area (Å²) in [5.74, 6) is -0.468. The second kappa shape index (κ2) is 8.18. The van der Waals surface area contributed by atoms with Gasteiger partial charge in [-0.25, -0.2) is 9.18 Å². The van der Waals surface area contributed by atoms with Crippen LogP contribution in [-0.4, -0.2) is 53.0 Å². The van der Waals surface area contributed by atoms with Crippen LogP contribution in [0.15, 0.2) is 66.9 Å². The van der Waals surface area contributed by atoms with Gasteiger partial charge in [0.2, 0.25) is 0 Å². The molecule has 2 atom stereocenters. The summed E-state index contributed by atoms with van der Waals surface area (Å²) in [5, 5.41) is 11.3. The zero-order chi connectivity index (χ0) is 23.3. The minimum atomic E-state index is -1.32. The van der Waals surface area contributed by atoms with E-state index in [2.05, 4.69) is 29.2 Å². The fourth-order valence-corrected chi connectivity index (χ4v) is 5.81. The molecule has 2 bridgehead atoms. The number of piperidine rings is 1. The number of aliphatic hydroxyl groups is 1. The Morgan fingerprint density at radius 3 is 2.29 bits per heavy atom. The molecule has 2 aromatic carbocycles. The average Bonchev–Trinajstić information content (AvgIpc) is 3.16. The maximum absolute atomic E-state index is 13.8. The highest BCUT2D eigenvalue weighted by Gasteiger charge is 2.50. The van der Waals surface area contributed by atoms with Crippen molar-refractivity contribution in [2.24, 2.45) is 0 Å². The van der Waals surface area contributed by atoms with E-state index in [0.29, 0.717) is 13.2 Å². The van der Waals surface area contributed by atoms with E-state index in [-0.39, 0.29) is 43.1 Å². The van der Waals surface area contributed by atoms with Crippen molar-refractivity contribution in [3.8, 4) is 11.1 Å². The Labute approximate surface area is 197 Å². The van der Waals surface area contributed by atoms with Crippen LogP contribution in [0.2, 0.25) is 0 Å². The highest BCUT2D eigenvalue weighted by molar-refractivity contribution is 5.79. The molecular formula is C27H25FN2O4. The Morgan fingerprint density at radius 1 is 1.06 bits per heavy atom. The van der Waals surface area contributed by atoms with Gasteiger partial charge in [-0.2, -0.15) is 0 Å². The Hall–Kier alpha value is -3.29. The van der Waals surface area contributed by atoms with Gasteiger partial charge in [0.15, 0.2) is 0 Å². The third kappa shape index (κ3) is 3.47. The molecule has 7 heteroatoms. The normalized spacial score (nSPS) is 25.5. The fraction of sp³-hybridized carbons (Fsp3) is 0.333. The number of halogens is 1. The third-order valence-electron chi connectivity index (χ3n) is 7.30. The summed E-state index contributed by atoms with van der Waals surface area (Å²) < 4.78 is 25.4. The summed E-state index contributed by atoms with van der Waals surface area (Å²) in [6.07, 6.45) is 1.37. The first kappa shape index (κ1) is 21.3. The average molecular weight is 461 g/mol. The molecule has 34 heavy (non-hydrogen) atoms. The molecule has 1 amide bonds. The van der Waals surface area contributed by atoms with Gasteiger partial charge in [-0.05, 0) is 34.4 Å². The first-order chi connectivity index (χ1) is 16.5. The Kier molecular flexibility index (Phi) is 5.12. The van der Waals surface area contributed by atoms with Crippen molar-refractivity contribution in [2.75, 3.05) is 19.8 Å². The number of nitrogens with zero attached hydrogens (tertiary/aromatic N) is 2. The number of amides is 1. The van der Waals surface area contributed by atoms with Crippen LogP contribution >= 0.6 is 0 Å². The lowest BCUT2D eigenvalue weighted by atomic mass is 9.79. The number of morpholine rings is 1. The molecule has 1 aromatic heterocycles. The summed E-state index contributed by atoms with van der Waals surface area (Å²) >= 11 is 0. The number of carbonyl (C=O) groups excluding carboxylic acids is 1. The molecule has 3 aromatic rings. The molecule has 6 rings (SSSR count). The number of carbonyl (C=O) groups is 1. The predicted molar refractivity (Wildman–Crippen MR) is 123 cm³/mol. The van der Waals surface area contributed by atoms with Crippen molar-refractivity contribution in [2.45, 2.75) is 36.4 Å². The van der Waals surface area contributed by atoms with E-state index in [1.54, 1.807) is 4.90 Å². The van der Waals surface area contributed by atoms with E-state index in [9.17, 15) is 14.3 Å². The van der Waals surface area contributed by atoms with Gasteiger partial charge in [-0.1, -0.05) is 48.5 Å². The molecular weight excluding hydrogens is 435 g/mol. The van der Waals surface area contributed by atoms with Gasteiger partial charge in [-0.3, -0.25) is 9.88 Å². The van der Waals surface area contributed by atoms with Gasteiger partial charge in [0, 0.05) is 25.0 Å². The topological polar surface area (TPSA) is 71.9 Å². The van der Waals surface area contributed by atoms with E-state index in [1.807, 2.05) is 24.3 Å². The van der Waals surface area contributed by atoms with Crippen molar-refractivity contribution in [1.82, 2.24) is 9.88 Å². The van der Waals surface area contributed by atoms with Crippen LogP contribution in [0.4, 0.5) is 9.18 Å². The molecule has 6 nitrogen and oxygen atoms in total. The lowest BCUT2D eigenvalue weighted by Gasteiger charge is -2.50. The Balaban J connectivity index is 1.21. The lowest BCUT2D eigenvalue weighted by Crippen LogP contribution is -2.62. The van der Waals surface area contributed by atoms with Crippen LogP contribution < -0.4 is 0 Å². The maximum atomic E-state index is 13.8. The summed E-state index contributed by atoms with van der Waals surface area (Å²) in [4.78, 5) is 19.2. The fourth-order valence-electron chi connectivity index (χ4n) is 5.81. The molecule has 2 fully saturated rings. The van der Waals surface area contributed by atoms with Crippen LogP contribution in [0, 0.1) is 5.82 Å². The predicted octanol–water partition coefficient (Wildman–Crippen LogP) is 4.22. The number of hydrogen-bond acceptors (Lipinski definition) is 5. The van der Waals surface area contributed by atoms with E-state index >= 15 is 0 Å². The molecule has 0 radical (unpaired) electrons. The standard InChI is InChI=1S/C27H25FN2O4/c28-17-9-10-29-25(11-17)27(32)12-18-14-33-15-19(13-27)30(18)26(31)34-16-24-22-7-3-1-5-20(22)21-6-2-4-8-23(21)24/h1-11,18-19,24,32H,12-16H2. The quantitative estimate of drug-likeness (QED) is 0.634. The number of rotatable bonds is 3. The van der Waals surface area contributed by atoms with Crippen LogP contribution in [0.25, 0.3) is 11.1 Å². The second-order valence-electron chi connectivity index (χ2n) is 9.36. The molecule has 1 aliphatic carbocycles. The van der Waals surface area contributed by atoms with Crippen molar-refractivity contribution < 1.29 is 23.8 Å². The minimum Gasteiger partial charge on any atom is -0.448 e. The van der Waals surface area contributed by atoms with Gasteiger partial charge < -0.3 is 14.6 Å². The SMILES string of the molecule is O=C(OCC1c2ccccc2-c2ccccc21)N1C2COCC1CC(O)(c1cc(F)ccn1)C2. The number of pyridine rings is 1. The number of hydrogen-bond donors (Lipinski definition) is 1. The first-order valence-electron chi connectivity index (χ1n) is 11.6. The Morgan fingerprint density at radius 2 is 1.68 bits per heavy atom. The first-order valence-corrected chi connectivity index (χ1v) is 11.6. The summed E-state index contributed by atoms with van der Waals surface area (Å²) in [5.41, 5.74) is 3.64. The molecule has 0 saturated carbocycles. The van der Waals surface area contributed by atoms with Gasteiger partial charge in [0.1, 0.15) is 18.0 Å². The van der Waals surface area contributed by atoms with Crippen molar-refractivity contribution >= 4 is 6.09 Å². The lowest BCUT2D eigenvalue weighted by molar-refractivity contribution is -0.138. The smallest absolute Gasteiger partial charge is 0.410 e. The molecule has 2 saturated heterocycles. The van der Waals surface area contributed by atoms with Crippen LogP contribution in [-0.2, 0) is 15.1 Å². The van der Waals surface area contributed by atoms with E-state index < -0.39 is 17.5 Å². The molecule has 1 N–H and O–H groups in total. The van der Waals surface area contributed by atoms with Crippen LogP contribution in [0.5, 0.6) is 0 Å². The number of fused-ring (bicyclic) bond motifs is 5. The molecule has 2 unspecified atom stereocenters. The molecule has 3 aliphatic rings. The second-order valence-corrected chi connectivity index (χ2v) is 9.36. The van der Waals surface area contributed by atoms with E-state index in [4.69, 9.17) is 9.47 Å². The molecule has 2 aliphatic heterocycles. The monoisotopic (exact) mass is 460 g/mol. The minimum absolute atomic E-state index is 0.0225. The summed E-state index contributed by atoms with van der Waals surface area (Å²) in [6, 6.07) is 18.2. The van der Waals surface area contributed by atoms with Gasteiger partial charge >= 0.3 is 6.09 Å².